The van der Waals surface area contributed by atoms with E-state index >= 15 is 0 Å². The molecule has 2 aromatic carbocycles. The number of aromatic hydroxyl groups is 1. The predicted octanol–water partition coefficient (Wildman–Crippen LogP) is 3.56. The predicted molar refractivity (Wildman–Crippen MR) is 96.1 cm³/mol. The third kappa shape index (κ3) is 4.16. The molecule has 4 heteroatoms. The van der Waals surface area contributed by atoms with E-state index in [-0.39, 0.29) is 11.7 Å². The standard InChI is InChI=1S/C20H22N2O2/c23-17-10-8-15(9-11-17)12-13-21-20(24)7-3-4-16-14-22-19-6-2-1-5-18(16)19/h1-2,5-6,8-11,14,22-23H,3-4,7,12-13H2,(H,21,24). The van der Waals surface area contributed by atoms with Gasteiger partial charge in [-0.05, 0) is 48.6 Å². The summed E-state index contributed by atoms with van der Waals surface area (Å²) in [5.41, 5.74) is 3.51. The number of rotatable bonds is 7. The molecule has 0 aliphatic heterocycles. The van der Waals surface area contributed by atoms with E-state index in [0.717, 1.165) is 30.3 Å². The Morgan fingerprint density at radius 3 is 2.67 bits per heavy atom. The van der Waals surface area contributed by atoms with Gasteiger partial charge in [-0.25, -0.2) is 0 Å². The number of H-pyrrole nitrogens is 1. The van der Waals surface area contributed by atoms with Gasteiger partial charge in [-0.1, -0.05) is 30.3 Å². The highest BCUT2D eigenvalue weighted by Crippen LogP contribution is 2.19. The first-order valence-corrected chi connectivity index (χ1v) is 8.32. The molecular formula is C20H22N2O2. The molecule has 0 radical (unpaired) electrons. The van der Waals surface area contributed by atoms with Gasteiger partial charge in [0.25, 0.3) is 0 Å². The molecule has 0 atom stereocenters. The molecule has 0 aliphatic rings. The molecule has 3 N–H and O–H groups in total. The van der Waals surface area contributed by atoms with Crippen LogP contribution < -0.4 is 5.32 Å². The number of para-hydroxylation sites is 1. The maximum absolute atomic E-state index is 11.9. The largest absolute Gasteiger partial charge is 0.508 e. The Kier molecular flexibility index (Phi) is 5.16. The zero-order valence-corrected chi connectivity index (χ0v) is 13.6. The van der Waals surface area contributed by atoms with E-state index < -0.39 is 0 Å². The Hall–Kier alpha value is -2.75. The number of hydrogen-bond donors (Lipinski definition) is 3. The number of nitrogens with one attached hydrogen (secondary N) is 2. The summed E-state index contributed by atoms with van der Waals surface area (Å²) in [6.45, 7) is 0.622. The minimum Gasteiger partial charge on any atom is -0.508 e. The van der Waals surface area contributed by atoms with Crippen LogP contribution >= 0.6 is 0 Å². The molecule has 0 unspecified atom stereocenters. The van der Waals surface area contributed by atoms with Crippen molar-refractivity contribution < 1.29 is 9.90 Å². The number of aryl methyl sites for hydroxylation is 1. The van der Waals surface area contributed by atoms with Crippen LogP contribution in [-0.2, 0) is 17.6 Å². The van der Waals surface area contributed by atoms with Crippen LogP contribution in [0.25, 0.3) is 10.9 Å². The highest BCUT2D eigenvalue weighted by Gasteiger charge is 2.05. The van der Waals surface area contributed by atoms with Crippen LogP contribution in [0.15, 0.2) is 54.7 Å². The molecule has 1 heterocycles. The third-order valence-corrected chi connectivity index (χ3v) is 4.20. The van der Waals surface area contributed by atoms with E-state index in [2.05, 4.69) is 22.4 Å². The highest BCUT2D eigenvalue weighted by molar-refractivity contribution is 5.83. The average molecular weight is 322 g/mol. The normalized spacial score (nSPS) is 10.8. The van der Waals surface area contributed by atoms with Gasteiger partial charge in [-0.2, -0.15) is 0 Å². The lowest BCUT2D eigenvalue weighted by atomic mass is 10.1. The third-order valence-electron chi connectivity index (χ3n) is 4.20. The van der Waals surface area contributed by atoms with Crippen molar-refractivity contribution in [3.05, 3.63) is 65.9 Å². The summed E-state index contributed by atoms with van der Waals surface area (Å²) in [6.07, 6.45) is 5.08. The fourth-order valence-corrected chi connectivity index (χ4v) is 2.88. The van der Waals surface area contributed by atoms with Crippen molar-refractivity contribution in [1.29, 1.82) is 0 Å². The van der Waals surface area contributed by atoms with Crippen molar-refractivity contribution in [2.75, 3.05) is 6.54 Å². The van der Waals surface area contributed by atoms with Crippen LogP contribution in [-0.4, -0.2) is 22.5 Å². The fourth-order valence-electron chi connectivity index (χ4n) is 2.88. The fraction of sp³-hybridized carbons (Fsp3) is 0.250. The second-order valence-electron chi connectivity index (χ2n) is 5.98. The summed E-state index contributed by atoms with van der Waals surface area (Å²) < 4.78 is 0. The van der Waals surface area contributed by atoms with E-state index in [4.69, 9.17) is 0 Å². The second-order valence-corrected chi connectivity index (χ2v) is 5.98. The number of aromatic nitrogens is 1. The molecule has 0 fully saturated rings. The smallest absolute Gasteiger partial charge is 0.220 e. The summed E-state index contributed by atoms with van der Waals surface area (Å²) >= 11 is 0. The van der Waals surface area contributed by atoms with Gasteiger partial charge in [-0.3, -0.25) is 4.79 Å². The summed E-state index contributed by atoms with van der Waals surface area (Å²) in [6, 6.07) is 15.3. The minimum absolute atomic E-state index is 0.0913. The number of phenols is 1. The summed E-state index contributed by atoms with van der Waals surface area (Å²) in [5, 5.41) is 13.4. The summed E-state index contributed by atoms with van der Waals surface area (Å²) in [7, 11) is 0. The lowest BCUT2D eigenvalue weighted by Crippen LogP contribution is -2.25. The second kappa shape index (κ2) is 7.68. The van der Waals surface area contributed by atoms with Crippen molar-refractivity contribution in [2.45, 2.75) is 25.7 Å². The number of carbonyl (C=O) groups is 1. The van der Waals surface area contributed by atoms with Crippen LogP contribution in [0, 0.1) is 0 Å². The van der Waals surface area contributed by atoms with E-state index in [1.807, 2.05) is 30.5 Å². The van der Waals surface area contributed by atoms with Gasteiger partial charge < -0.3 is 15.4 Å². The monoisotopic (exact) mass is 322 g/mol. The van der Waals surface area contributed by atoms with Crippen molar-refractivity contribution >= 4 is 16.8 Å². The number of benzene rings is 2. The van der Waals surface area contributed by atoms with Crippen molar-refractivity contribution in [3.8, 4) is 5.75 Å². The molecule has 0 saturated carbocycles. The van der Waals surface area contributed by atoms with Crippen LogP contribution in [0.4, 0.5) is 0 Å². The zero-order valence-electron chi connectivity index (χ0n) is 13.6. The molecule has 3 aromatic rings. The number of phenolic OH excluding ortho intramolecular Hbond substituents is 1. The first-order valence-electron chi connectivity index (χ1n) is 8.32. The van der Waals surface area contributed by atoms with Gasteiger partial charge in [0.15, 0.2) is 0 Å². The molecule has 3 rings (SSSR count). The number of carbonyl (C=O) groups excluding carboxylic acids is 1. The van der Waals surface area contributed by atoms with Crippen LogP contribution in [0.3, 0.4) is 0 Å². The average Bonchev–Trinajstić information content (AvgIpc) is 3.00. The minimum atomic E-state index is 0.0913. The Labute approximate surface area is 141 Å². The van der Waals surface area contributed by atoms with Crippen LogP contribution in [0.1, 0.15) is 24.0 Å². The summed E-state index contributed by atoms with van der Waals surface area (Å²) in [5.74, 6) is 0.355. The molecule has 124 valence electrons. The van der Waals surface area contributed by atoms with E-state index in [1.165, 1.54) is 10.9 Å². The van der Waals surface area contributed by atoms with Crippen molar-refractivity contribution in [2.24, 2.45) is 0 Å². The Morgan fingerprint density at radius 2 is 1.83 bits per heavy atom. The van der Waals surface area contributed by atoms with Crippen LogP contribution in [0.2, 0.25) is 0 Å². The van der Waals surface area contributed by atoms with Gasteiger partial charge in [0.2, 0.25) is 5.91 Å². The molecule has 0 aliphatic carbocycles. The number of aromatic amines is 1. The summed E-state index contributed by atoms with van der Waals surface area (Å²) in [4.78, 5) is 15.2. The lowest BCUT2D eigenvalue weighted by Gasteiger charge is -2.05. The Morgan fingerprint density at radius 1 is 1.04 bits per heavy atom. The molecule has 0 spiro atoms. The Bertz CT molecular complexity index is 806. The lowest BCUT2D eigenvalue weighted by molar-refractivity contribution is -0.121. The maximum atomic E-state index is 11.9. The quantitative estimate of drug-likeness (QED) is 0.623. The molecule has 24 heavy (non-hydrogen) atoms. The number of hydrogen-bond acceptors (Lipinski definition) is 2. The molecule has 0 saturated heterocycles. The van der Waals surface area contributed by atoms with Gasteiger partial charge in [-0.15, -0.1) is 0 Å². The first kappa shape index (κ1) is 16.1. The van der Waals surface area contributed by atoms with Gasteiger partial charge in [0.1, 0.15) is 5.75 Å². The number of fused-ring (bicyclic) bond motifs is 1. The SMILES string of the molecule is O=C(CCCc1c[nH]c2ccccc12)NCCc1ccc(O)cc1. The van der Waals surface area contributed by atoms with E-state index in [0.29, 0.717) is 13.0 Å². The molecule has 1 amide bonds. The van der Waals surface area contributed by atoms with E-state index in [1.54, 1.807) is 12.1 Å². The van der Waals surface area contributed by atoms with Crippen molar-refractivity contribution in [1.82, 2.24) is 10.3 Å². The molecule has 4 nitrogen and oxygen atoms in total. The highest BCUT2D eigenvalue weighted by atomic mass is 16.3. The van der Waals surface area contributed by atoms with Gasteiger partial charge in [0, 0.05) is 30.1 Å². The molecule has 1 aromatic heterocycles. The first-order chi connectivity index (χ1) is 11.7. The number of amides is 1. The topological polar surface area (TPSA) is 65.1 Å². The van der Waals surface area contributed by atoms with Gasteiger partial charge in [0.05, 0.1) is 0 Å². The molecule has 0 bridgehead atoms. The van der Waals surface area contributed by atoms with Gasteiger partial charge >= 0.3 is 0 Å². The Balaban J connectivity index is 1.39. The van der Waals surface area contributed by atoms with Crippen LogP contribution in [0.5, 0.6) is 5.75 Å². The zero-order chi connectivity index (χ0) is 16.8. The van der Waals surface area contributed by atoms with Crippen molar-refractivity contribution in [3.63, 3.8) is 0 Å². The maximum Gasteiger partial charge on any atom is 0.220 e. The molecular weight excluding hydrogens is 300 g/mol. The van der Waals surface area contributed by atoms with E-state index in [9.17, 15) is 9.90 Å².